The monoisotopic (exact) mass is 399 g/mol. The molecule has 2 aromatic rings. The Morgan fingerprint density at radius 3 is 1.79 bits per heavy atom. The van der Waals surface area contributed by atoms with Gasteiger partial charge >= 0.3 is 0 Å². The predicted octanol–water partition coefficient (Wildman–Crippen LogP) is 2.21. The molecular formula is C20H21N3O6. The van der Waals surface area contributed by atoms with Crippen LogP contribution in [0.25, 0.3) is 0 Å². The molecule has 3 rings (SSSR count). The Morgan fingerprint density at radius 2 is 1.31 bits per heavy atom. The minimum atomic E-state index is -0.507. The third kappa shape index (κ3) is 4.29. The minimum absolute atomic E-state index is 0.0631. The smallest absolute Gasteiger partial charge is 0.269 e. The molecule has 0 aromatic heterocycles. The van der Waals surface area contributed by atoms with Gasteiger partial charge in [0.05, 0.1) is 19.1 Å². The number of benzene rings is 2. The molecule has 1 aliphatic rings. The van der Waals surface area contributed by atoms with Crippen LogP contribution in [0.4, 0.5) is 5.69 Å². The molecule has 0 bridgehead atoms. The SMILES string of the molecule is COc1ccc(C(=O)N2CCN(C(=O)c3ccc([N+](=O)[O-])cc3)CC2)cc1OC. The number of methoxy groups -OCH3 is 2. The van der Waals surface area contributed by atoms with Gasteiger partial charge < -0.3 is 19.3 Å². The van der Waals surface area contributed by atoms with Crippen LogP contribution < -0.4 is 9.47 Å². The average Bonchev–Trinajstić information content (AvgIpc) is 2.77. The van der Waals surface area contributed by atoms with Gasteiger partial charge in [-0.05, 0) is 30.3 Å². The maximum Gasteiger partial charge on any atom is 0.269 e. The quantitative estimate of drug-likeness (QED) is 0.564. The summed E-state index contributed by atoms with van der Waals surface area (Å²) in [5.41, 5.74) is 0.806. The van der Waals surface area contributed by atoms with Crippen LogP contribution in [0, 0.1) is 10.1 Å². The molecule has 0 aliphatic carbocycles. The standard InChI is InChI=1S/C20H21N3O6/c1-28-17-8-5-15(13-18(17)29-2)20(25)22-11-9-21(10-12-22)19(24)14-3-6-16(7-4-14)23(26)27/h3-8,13H,9-12H2,1-2H3. The molecule has 1 saturated heterocycles. The van der Waals surface area contributed by atoms with Gasteiger partial charge in [0, 0.05) is 49.4 Å². The van der Waals surface area contributed by atoms with Crippen molar-refractivity contribution in [1.29, 1.82) is 0 Å². The minimum Gasteiger partial charge on any atom is -0.493 e. The second-order valence-electron chi connectivity index (χ2n) is 6.46. The number of nitrogens with zero attached hydrogens (tertiary/aromatic N) is 3. The zero-order valence-corrected chi connectivity index (χ0v) is 16.2. The van der Waals surface area contributed by atoms with Crippen LogP contribution in [0.1, 0.15) is 20.7 Å². The third-order valence-electron chi connectivity index (χ3n) is 4.81. The number of nitro benzene ring substituents is 1. The van der Waals surface area contributed by atoms with E-state index in [1.165, 1.54) is 38.5 Å². The summed E-state index contributed by atoms with van der Waals surface area (Å²) in [6.45, 7) is 1.56. The first-order valence-corrected chi connectivity index (χ1v) is 8.99. The Balaban J connectivity index is 1.63. The molecule has 152 valence electrons. The van der Waals surface area contributed by atoms with Gasteiger partial charge in [0.25, 0.3) is 17.5 Å². The Bertz CT molecular complexity index is 920. The highest BCUT2D eigenvalue weighted by molar-refractivity contribution is 5.96. The van der Waals surface area contributed by atoms with Gasteiger partial charge in [-0.2, -0.15) is 0 Å². The summed E-state index contributed by atoms with van der Waals surface area (Å²) >= 11 is 0. The molecule has 0 atom stereocenters. The van der Waals surface area contributed by atoms with Crippen molar-refractivity contribution in [1.82, 2.24) is 9.80 Å². The van der Waals surface area contributed by atoms with Crippen molar-refractivity contribution in [3.63, 3.8) is 0 Å². The molecule has 1 heterocycles. The van der Waals surface area contributed by atoms with Crippen molar-refractivity contribution in [2.24, 2.45) is 0 Å². The van der Waals surface area contributed by atoms with Gasteiger partial charge in [-0.1, -0.05) is 0 Å². The van der Waals surface area contributed by atoms with Crippen LogP contribution in [-0.4, -0.2) is 66.9 Å². The van der Waals surface area contributed by atoms with Crippen LogP contribution in [0.15, 0.2) is 42.5 Å². The Hall–Kier alpha value is -3.62. The van der Waals surface area contributed by atoms with E-state index in [-0.39, 0.29) is 17.5 Å². The molecule has 2 amide bonds. The van der Waals surface area contributed by atoms with Gasteiger partial charge in [0.2, 0.25) is 0 Å². The molecule has 9 heteroatoms. The number of hydrogen-bond donors (Lipinski definition) is 0. The lowest BCUT2D eigenvalue weighted by Crippen LogP contribution is -2.50. The number of ether oxygens (including phenoxy) is 2. The highest BCUT2D eigenvalue weighted by Gasteiger charge is 2.26. The first kappa shape index (κ1) is 20.1. The summed E-state index contributed by atoms with van der Waals surface area (Å²) < 4.78 is 10.4. The fourth-order valence-electron chi connectivity index (χ4n) is 3.17. The molecule has 0 radical (unpaired) electrons. The van der Waals surface area contributed by atoms with Crippen molar-refractivity contribution in [3.05, 3.63) is 63.7 Å². The molecular weight excluding hydrogens is 378 g/mol. The number of carbonyl (C=O) groups excluding carboxylic acids is 2. The molecule has 2 aromatic carbocycles. The summed E-state index contributed by atoms with van der Waals surface area (Å²) in [4.78, 5) is 38.9. The van der Waals surface area contributed by atoms with E-state index in [0.29, 0.717) is 48.8 Å². The number of carbonyl (C=O) groups is 2. The van der Waals surface area contributed by atoms with E-state index in [1.807, 2.05) is 0 Å². The van der Waals surface area contributed by atoms with Crippen LogP contribution in [0.2, 0.25) is 0 Å². The van der Waals surface area contributed by atoms with E-state index in [1.54, 1.807) is 28.0 Å². The van der Waals surface area contributed by atoms with Gasteiger partial charge in [-0.3, -0.25) is 19.7 Å². The molecule has 0 saturated carbocycles. The first-order chi connectivity index (χ1) is 13.9. The highest BCUT2D eigenvalue weighted by Crippen LogP contribution is 2.28. The van der Waals surface area contributed by atoms with Crippen molar-refractivity contribution >= 4 is 17.5 Å². The topological polar surface area (TPSA) is 102 Å². The van der Waals surface area contributed by atoms with Crippen molar-refractivity contribution < 1.29 is 24.0 Å². The summed E-state index contributed by atoms with van der Waals surface area (Å²) in [7, 11) is 3.04. The molecule has 0 N–H and O–H groups in total. The number of nitro groups is 1. The molecule has 29 heavy (non-hydrogen) atoms. The van der Waals surface area contributed by atoms with Gasteiger partial charge in [0.15, 0.2) is 11.5 Å². The maximum atomic E-state index is 12.8. The van der Waals surface area contributed by atoms with E-state index in [4.69, 9.17) is 9.47 Å². The maximum absolute atomic E-state index is 12.8. The Labute approximate surface area is 167 Å². The van der Waals surface area contributed by atoms with E-state index >= 15 is 0 Å². The molecule has 1 fully saturated rings. The summed E-state index contributed by atoms with van der Waals surface area (Å²) in [6, 6.07) is 10.5. The number of non-ortho nitro benzene ring substituents is 1. The number of hydrogen-bond acceptors (Lipinski definition) is 6. The molecule has 0 spiro atoms. The van der Waals surface area contributed by atoms with E-state index in [0.717, 1.165) is 0 Å². The summed E-state index contributed by atoms with van der Waals surface area (Å²) in [6.07, 6.45) is 0. The number of amides is 2. The zero-order valence-electron chi connectivity index (χ0n) is 16.2. The zero-order chi connectivity index (χ0) is 21.0. The predicted molar refractivity (Wildman–Crippen MR) is 104 cm³/mol. The van der Waals surface area contributed by atoms with Crippen LogP contribution in [0.5, 0.6) is 11.5 Å². The lowest BCUT2D eigenvalue weighted by Gasteiger charge is -2.35. The number of rotatable bonds is 5. The van der Waals surface area contributed by atoms with Gasteiger partial charge in [0.1, 0.15) is 0 Å². The lowest BCUT2D eigenvalue weighted by atomic mass is 10.1. The van der Waals surface area contributed by atoms with Gasteiger partial charge in [-0.25, -0.2) is 0 Å². The molecule has 0 unspecified atom stereocenters. The fourth-order valence-corrected chi connectivity index (χ4v) is 3.17. The third-order valence-corrected chi connectivity index (χ3v) is 4.81. The van der Waals surface area contributed by atoms with Crippen molar-refractivity contribution in [2.45, 2.75) is 0 Å². The van der Waals surface area contributed by atoms with Gasteiger partial charge in [-0.15, -0.1) is 0 Å². The molecule has 9 nitrogen and oxygen atoms in total. The van der Waals surface area contributed by atoms with Crippen LogP contribution in [0.3, 0.4) is 0 Å². The Morgan fingerprint density at radius 1 is 0.828 bits per heavy atom. The van der Waals surface area contributed by atoms with E-state index in [2.05, 4.69) is 0 Å². The summed E-state index contributed by atoms with van der Waals surface area (Å²) in [5.74, 6) is 0.666. The highest BCUT2D eigenvalue weighted by atomic mass is 16.6. The largest absolute Gasteiger partial charge is 0.493 e. The lowest BCUT2D eigenvalue weighted by molar-refractivity contribution is -0.384. The Kier molecular flexibility index (Phi) is 5.96. The normalized spacial score (nSPS) is 13.7. The molecule has 1 aliphatic heterocycles. The van der Waals surface area contributed by atoms with Crippen LogP contribution in [-0.2, 0) is 0 Å². The van der Waals surface area contributed by atoms with Crippen LogP contribution >= 0.6 is 0 Å². The van der Waals surface area contributed by atoms with Crippen molar-refractivity contribution in [3.8, 4) is 11.5 Å². The van der Waals surface area contributed by atoms with Crippen molar-refractivity contribution in [2.75, 3.05) is 40.4 Å². The number of piperazine rings is 1. The van der Waals surface area contributed by atoms with E-state index in [9.17, 15) is 19.7 Å². The summed E-state index contributed by atoms with van der Waals surface area (Å²) in [5, 5.41) is 10.7. The fraction of sp³-hybridized carbons (Fsp3) is 0.300. The second kappa shape index (κ2) is 8.59. The second-order valence-corrected chi connectivity index (χ2v) is 6.46. The first-order valence-electron chi connectivity index (χ1n) is 8.99. The van der Waals surface area contributed by atoms with E-state index < -0.39 is 4.92 Å². The average molecular weight is 399 g/mol.